The van der Waals surface area contributed by atoms with Crippen molar-refractivity contribution in [2.45, 2.75) is 97.4 Å². The van der Waals surface area contributed by atoms with Crippen LogP contribution in [0.25, 0.3) is 0 Å². The summed E-state index contributed by atoms with van der Waals surface area (Å²) in [5.41, 5.74) is -1.45. The van der Waals surface area contributed by atoms with Crippen LogP contribution in [0.5, 0.6) is 0 Å². The zero-order valence-corrected chi connectivity index (χ0v) is 24.2. The number of methoxy groups -OCH3 is 1. The molecule has 6 heteroatoms. The van der Waals surface area contributed by atoms with Crippen molar-refractivity contribution >= 4 is 12.3 Å². The molecule has 6 aliphatic rings. The van der Waals surface area contributed by atoms with Crippen LogP contribution in [0.2, 0.25) is 0 Å². The third-order valence-electron chi connectivity index (χ3n) is 12.6. The van der Waals surface area contributed by atoms with Crippen molar-refractivity contribution in [1.29, 1.82) is 0 Å². The SMILES string of the molecule is CCCCC1CC(C23C[C@@H]4[C@H](C)CC[C@H]4C4(C=O)CC2C=C(C(C)C)C34C(=O)O)OC1CN1CC(OC)C1. The number of rotatable bonds is 10. The van der Waals surface area contributed by atoms with Crippen LogP contribution in [0, 0.1) is 51.8 Å². The van der Waals surface area contributed by atoms with Crippen molar-refractivity contribution in [3.63, 3.8) is 0 Å². The summed E-state index contributed by atoms with van der Waals surface area (Å²) in [4.78, 5) is 29.7. The first-order valence-electron chi connectivity index (χ1n) is 15.5. The number of allylic oxidation sites excluding steroid dienone is 1. The van der Waals surface area contributed by atoms with E-state index in [1.807, 2.05) is 0 Å². The van der Waals surface area contributed by atoms with Gasteiger partial charge in [-0.3, -0.25) is 9.69 Å². The van der Waals surface area contributed by atoms with Gasteiger partial charge in [-0.1, -0.05) is 58.6 Å². The van der Waals surface area contributed by atoms with Gasteiger partial charge in [0.2, 0.25) is 0 Å². The van der Waals surface area contributed by atoms with Crippen LogP contribution >= 0.6 is 0 Å². The number of carbonyl (C=O) groups excluding carboxylic acids is 1. The van der Waals surface area contributed by atoms with E-state index in [0.29, 0.717) is 30.3 Å². The molecule has 3 saturated carbocycles. The standard InChI is InChI=1S/C32H49NO5/c1-6-7-8-21-11-28(38-27(21)17-33-15-23(16-33)37-5)31-14-24-20(4)9-10-25(24)30(18-34)13-22(31)12-26(19(2)3)32(30,31)29(35)36/h12,18-25,27-28H,6-11,13-17H2,1-5H3,(H,35,36)/t20-,21?,22?,24-,25-,27?,28?,30?,31?,32?/m1/s1. The summed E-state index contributed by atoms with van der Waals surface area (Å²) in [6.07, 6.45) is 11.9. The molecule has 6 rings (SSSR count). The highest BCUT2D eigenvalue weighted by Gasteiger charge is 2.86. The van der Waals surface area contributed by atoms with Crippen LogP contribution in [0.1, 0.15) is 79.1 Å². The number of likely N-dealkylation sites (tertiary alicyclic amines) is 1. The van der Waals surface area contributed by atoms with E-state index in [1.165, 1.54) is 6.42 Å². The Kier molecular flexibility index (Phi) is 6.68. The predicted molar refractivity (Wildman–Crippen MR) is 146 cm³/mol. The average Bonchev–Trinajstić information content (AvgIpc) is 3.57. The topological polar surface area (TPSA) is 76.1 Å². The number of aliphatic carboxylic acids is 1. The second-order valence-electron chi connectivity index (χ2n) is 14.2. The summed E-state index contributed by atoms with van der Waals surface area (Å²) in [6, 6.07) is 0. The first-order chi connectivity index (χ1) is 18.2. The number of hydrogen-bond donors (Lipinski definition) is 1. The van der Waals surface area contributed by atoms with E-state index >= 15 is 0 Å². The highest BCUT2D eigenvalue weighted by molar-refractivity contribution is 5.90. The molecule has 212 valence electrons. The van der Waals surface area contributed by atoms with E-state index in [9.17, 15) is 14.7 Å². The third-order valence-corrected chi connectivity index (χ3v) is 12.6. The zero-order valence-electron chi connectivity index (χ0n) is 24.2. The molecule has 0 spiro atoms. The second-order valence-corrected chi connectivity index (χ2v) is 14.2. The lowest BCUT2D eigenvalue weighted by atomic mass is 9.41. The van der Waals surface area contributed by atoms with Gasteiger partial charge in [0.05, 0.1) is 23.7 Å². The Hall–Kier alpha value is -1.24. The van der Waals surface area contributed by atoms with Gasteiger partial charge in [-0.15, -0.1) is 0 Å². The maximum atomic E-state index is 13.9. The summed E-state index contributed by atoms with van der Waals surface area (Å²) in [7, 11) is 1.79. The lowest BCUT2D eigenvalue weighted by Crippen LogP contribution is -2.65. The van der Waals surface area contributed by atoms with Gasteiger partial charge in [-0.25, -0.2) is 0 Å². The Labute approximate surface area is 228 Å². The number of fused-ring (bicyclic) bond motifs is 2. The van der Waals surface area contributed by atoms with Gasteiger partial charge < -0.3 is 19.4 Å². The minimum absolute atomic E-state index is 0.102. The number of nitrogens with zero attached hydrogens (tertiary/aromatic N) is 1. The number of carboxylic acid groups (broad SMARTS) is 1. The summed E-state index contributed by atoms with van der Waals surface area (Å²) < 4.78 is 12.7. The van der Waals surface area contributed by atoms with Crippen LogP contribution in [0.3, 0.4) is 0 Å². The summed E-state index contributed by atoms with van der Waals surface area (Å²) in [5.74, 6) is 1.00. The van der Waals surface area contributed by atoms with E-state index in [-0.39, 0.29) is 30.0 Å². The van der Waals surface area contributed by atoms with Crippen molar-refractivity contribution in [2.75, 3.05) is 26.7 Å². The van der Waals surface area contributed by atoms with Crippen molar-refractivity contribution < 1.29 is 24.2 Å². The van der Waals surface area contributed by atoms with E-state index in [1.54, 1.807) is 7.11 Å². The van der Waals surface area contributed by atoms with E-state index in [4.69, 9.17) is 9.47 Å². The van der Waals surface area contributed by atoms with Gasteiger partial charge in [-0.2, -0.15) is 0 Å². The Bertz CT molecular complexity index is 988. The van der Waals surface area contributed by atoms with Crippen molar-refractivity contribution in [1.82, 2.24) is 4.90 Å². The molecule has 0 aromatic rings. The normalized spacial score (nSPS) is 47.8. The first-order valence-corrected chi connectivity index (χ1v) is 15.5. The molecule has 0 aromatic carbocycles. The summed E-state index contributed by atoms with van der Waals surface area (Å²) >= 11 is 0. The minimum Gasteiger partial charge on any atom is -0.481 e. The van der Waals surface area contributed by atoms with Gasteiger partial charge >= 0.3 is 5.97 Å². The molecule has 0 aromatic heterocycles. The van der Waals surface area contributed by atoms with E-state index in [0.717, 1.165) is 70.0 Å². The van der Waals surface area contributed by atoms with Crippen molar-refractivity contribution in [3.05, 3.63) is 11.6 Å². The fourth-order valence-corrected chi connectivity index (χ4v) is 11.0. The molecule has 2 heterocycles. The Morgan fingerprint density at radius 3 is 2.68 bits per heavy atom. The average molecular weight is 528 g/mol. The molecular weight excluding hydrogens is 478 g/mol. The minimum atomic E-state index is -1.14. The Morgan fingerprint density at radius 1 is 1.29 bits per heavy atom. The number of carbonyl (C=O) groups is 2. The fourth-order valence-electron chi connectivity index (χ4n) is 11.0. The zero-order chi connectivity index (χ0) is 27.0. The molecule has 5 fully saturated rings. The van der Waals surface area contributed by atoms with Crippen LogP contribution in [0.15, 0.2) is 11.6 Å². The third kappa shape index (κ3) is 3.23. The van der Waals surface area contributed by atoms with Crippen LogP contribution in [0.4, 0.5) is 0 Å². The molecule has 0 radical (unpaired) electrons. The van der Waals surface area contributed by atoms with Gasteiger partial charge in [0.25, 0.3) is 0 Å². The number of hydrogen-bond acceptors (Lipinski definition) is 5. The van der Waals surface area contributed by atoms with E-state index in [2.05, 4.69) is 38.7 Å². The molecular formula is C32H49NO5. The molecule has 2 aliphatic heterocycles. The molecule has 38 heavy (non-hydrogen) atoms. The smallest absolute Gasteiger partial charge is 0.315 e. The Balaban J connectivity index is 1.42. The number of ether oxygens (including phenoxy) is 2. The molecule has 10 atom stereocenters. The van der Waals surface area contributed by atoms with Crippen molar-refractivity contribution in [2.24, 2.45) is 51.8 Å². The highest BCUT2D eigenvalue weighted by Crippen LogP contribution is 2.84. The van der Waals surface area contributed by atoms with Crippen molar-refractivity contribution in [3.8, 4) is 0 Å². The summed E-state index contributed by atoms with van der Waals surface area (Å²) in [6.45, 7) is 11.6. The van der Waals surface area contributed by atoms with Gasteiger partial charge in [-0.05, 0) is 67.6 Å². The predicted octanol–water partition coefficient (Wildman–Crippen LogP) is 5.21. The quantitative estimate of drug-likeness (QED) is 0.311. The van der Waals surface area contributed by atoms with Gasteiger partial charge in [0.1, 0.15) is 11.7 Å². The Morgan fingerprint density at radius 2 is 2.05 bits per heavy atom. The number of aldehydes is 1. The number of unbranched alkanes of at least 4 members (excludes halogenated alkanes) is 1. The summed E-state index contributed by atoms with van der Waals surface area (Å²) in [5, 5.41) is 11.4. The lowest BCUT2D eigenvalue weighted by molar-refractivity contribution is -0.198. The van der Waals surface area contributed by atoms with Crippen LogP contribution in [-0.2, 0) is 19.1 Å². The molecule has 7 unspecified atom stereocenters. The second kappa shape index (κ2) is 9.41. The molecule has 4 aliphatic carbocycles. The largest absolute Gasteiger partial charge is 0.481 e. The number of carboxylic acids is 1. The lowest BCUT2D eigenvalue weighted by Gasteiger charge is -2.60. The monoisotopic (exact) mass is 527 g/mol. The maximum absolute atomic E-state index is 13.9. The fraction of sp³-hybridized carbons (Fsp3) is 0.875. The van der Waals surface area contributed by atoms with E-state index < -0.39 is 22.2 Å². The molecule has 0 amide bonds. The van der Waals surface area contributed by atoms with Gasteiger partial charge in [0.15, 0.2) is 0 Å². The van der Waals surface area contributed by atoms with Crippen LogP contribution < -0.4 is 0 Å². The first kappa shape index (κ1) is 27.0. The molecule has 4 bridgehead atoms. The van der Waals surface area contributed by atoms with Gasteiger partial charge in [0, 0.05) is 32.2 Å². The molecule has 2 saturated heterocycles. The highest BCUT2D eigenvalue weighted by atomic mass is 16.5. The maximum Gasteiger partial charge on any atom is 0.315 e. The molecule has 1 N–H and O–H groups in total. The molecule has 6 nitrogen and oxygen atoms in total. The van der Waals surface area contributed by atoms with Crippen LogP contribution in [-0.4, -0.2) is 67.3 Å².